The lowest BCUT2D eigenvalue weighted by molar-refractivity contribution is 0.222. The summed E-state index contributed by atoms with van der Waals surface area (Å²) in [6, 6.07) is 9.18. The van der Waals surface area contributed by atoms with Gasteiger partial charge in [0, 0.05) is 47.7 Å². The standard InChI is InChI=1S/C29H38N4O6S2/c1-18-10-19(2)15-32(14-18)40(35,36)22-6-8-24-26(12-22)29(31-39-5)27-13-23(7-9-25(27)28(24)30-34)41(37,38)33-16-20(3)11-21(4)17-33/h6-9,12-13,18-21,31H,10-11,14-17H2,1-5H3/t18-,19+,20-,21+. The van der Waals surface area contributed by atoms with Crippen molar-refractivity contribution in [3.8, 4) is 0 Å². The minimum absolute atomic E-state index is 0.0849. The Bertz CT molecular complexity index is 1570. The minimum atomic E-state index is -3.83. The predicted octanol–water partition coefficient (Wildman–Crippen LogP) is 5.70. The Labute approximate surface area is 242 Å². The molecule has 41 heavy (non-hydrogen) atoms. The first-order valence-corrected chi connectivity index (χ1v) is 16.9. The summed E-state index contributed by atoms with van der Waals surface area (Å²) in [5, 5.41) is 4.94. The Morgan fingerprint density at radius 2 is 1.10 bits per heavy atom. The van der Waals surface area contributed by atoms with Crippen molar-refractivity contribution in [2.45, 2.75) is 50.3 Å². The summed E-state index contributed by atoms with van der Waals surface area (Å²) in [7, 11) is -6.24. The topological polar surface area (TPSA) is 125 Å². The third-order valence-corrected chi connectivity index (χ3v) is 11.9. The van der Waals surface area contributed by atoms with Gasteiger partial charge in [-0.25, -0.2) is 16.8 Å². The van der Waals surface area contributed by atoms with Crippen LogP contribution in [-0.2, 0) is 24.9 Å². The Hall–Kier alpha value is -2.64. The van der Waals surface area contributed by atoms with E-state index in [4.69, 9.17) is 4.84 Å². The molecule has 0 saturated carbocycles. The molecule has 0 spiro atoms. The molecule has 5 rings (SSSR count). The molecule has 12 heteroatoms. The van der Waals surface area contributed by atoms with Crippen LogP contribution in [0.1, 0.15) is 40.5 Å². The van der Waals surface area contributed by atoms with Crippen molar-refractivity contribution in [2.24, 2.45) is 28.8 Å². The van der Waals surface area contributed by atoms with E-state index in [0.717, 1.165) is 12.8 Å². The van der Waals surface area contributed by atoms with Crippen molar-refractivity contribution < 1.29 is 21.7 Å². The monoisotopic (exact) mass is 602 g/mol. The van der Waals surface area contributed by atoms with E-state index in [1.165, 1.54) is 40.0 Å². The Kier molecular flexibility index (Phi) is 8.16. The summed E-state index contributed by atoms with van der Waals surface area (Å²) in [4.78, 5) is 17.6. The van der Waals surface area contributed by atoms with Crippen molar-refractivity contribution >= 4 is 53.0 Å². The zero-order valence-electron chi connectivity index (χ0n) is 24.1. The number of piperidine rings is 2. The van der Waals surface area contributed by atoms with Gasteiger partial charge in [0.05, 0.1) is 22.6 Å². The smallest absolute Gasteiger partial charge is 0.243 e. The lowest BCUT2D eigenvalue weighted by Gasteiger charge is -2.34. The van der Waals surface area contributed by atoms with E-state index in [0.29, 0.717) is 53.4 Å². The number of nitrogens with one attached hydrogen (secondary N) is 1. The van der Waals surface area contributed by atoms with E-state index >= 15 is 0 Å². The zero-order chi connectivity index (χ0) is 29.7. The van der Waals surface area contributed by atoms with Crippen LogP contribution in [-0.4, -0.2) is 58.7 Å². The number of benzene rings is 3. The summed E-state index contributed by atoms with van der Waals surface area (Å²) < 4.78 is 57.9. The molecule has 0 amide bonds. The van der Waals surface area contributed by atoms with Gasteiger partial charge in [-0.3, -0.25) is 10.3 Å². The van der Waals surface area contributed by atoms with Gasteiger partial charge in [-0.15, -0.1) is 4.91 Å². The quantitative estimate of drug-likeness (QED) is 0.209. The number of nitroso groups, excluding NO2 is 1. The van der Waals surface area contributed by atoms with Crippen LogP contribution in [0.3, 0.4) is 0 Å². The second-order valence-corrected chi connectivity index (χ2v) is 15.9. The second kappa shape index (κ2) is 11.2. The largest absolute Gasteiger partial charge is 0.279 e. The third kappa shape index (κ3) is 5.48. The van der Waals surface area contributed by atoms with Gasteiger partial charge in [0.25, 0.3) is 0 Å². The average Bonchev–Trinajstić information content (AvgIpc) is 2.91. The number of sulfonamides is 2. The van der Waals surface area contributed by atoms with E-state index in [1.807, 2.05) is 27.7 Å². The van der Waals surface area contributed by atoms with Crippen molar-refractivity contribution in [1.29, 1.82) is 0 Å². The summed E-state index contributed by atoms with van der Waals surface area (Å²) in [6.45, 7) is 9.91. The van der Waals surface area contributed by atoms with Gasteiger partial charge in [-0.1, -0.05) is 39.8 Å². The van der Waals surface area contributed by atoms with E-state index in [1.54, 1.807) is 12.1 Å². The molecule has 0 aliphatic carbocycles. The lowest BCUT2D eigenvalue weighted by atomic mass is 9.94. The molecule has 0 aromatic heterocycles. The zero-order valence-corrected chi connectivity index (χ0v) is 25.8. The van der Waals surface area contributed by atoms with E-state index in [-0.39, 0.29) is 39.1 Å². The molecular weight excluding hydrogens is 564 g/mol. The minimum Gasteiger partial charge on any atom is -0.279 e. The van der Waals surface area contributed by atoms with Crippen LogP contribution in [0.2, 0.25) is 0 Å². The van der Waals surface area contributed by atoms with Gasteiger partial charge >= 0.3 is 0 Å². The highest BCUT2D eigenvalue weighted by atomic mass is 32.2. The molecule has 3 aromatic carbocycles. The third-order valence-electron chi connectivity index (χ3n) is 8.27. The highest BCUT2D eigenvalue weighted by Crippen LogP contribution is 2.44. The van der Waals surface area contributed by atoms with E-state index in [2.05, 4.69) is 10.7 Å². The normalized spacial score (nSPS) is 25.0. The van der Waals surface area contributed by atoms with Gasteiger partial charge in [0.1, 0.15) is 5.69 Å². The fraction of sp³-hybridized carbons (Fsp3) is 0.517. The summed E-state index contributed by atoms with van der Waals surface area (Å²) in [5.41, 5.74) is 3.29. The highest BCUT2D eigenvalue weighted by molar-refractivity contribution is 7.89. The summed E-state index contributed by atoms with van der Waals surface area (Å²) in [5.74, 6) is 0.947. The fourth-order valence-corrected chi connectivity index (χ4v) is 10.1. The Morgan fingerprint density at radius 1 is 0.707 bits per heavy atom. The van der Waals surface area contributed by atoms with Crippen LogP contribution in [0.4, 0.5) is 11.4 Å². The van der Waals surface area contributed by atoms with Crippen LogP contribution >= 0.6 is 0 Å². The van der Waals surface area contributed by atoms with Gasteiger partial charge in [-0.2, -0.15) is 8.61 Å². The Balaban J connectivity index is 1.70. The van der Waals surface area contributed by atoms with Gasteiger partial charge < -0.3 is 0 Å². The first-order chi connectivity index (χ1) is 19.4. The molecule has 2 fully saturated rings. The molecule has 2 heterocycles. The maximum atomic E-state index is 13.7. The second-order valence-electron chi connectivity index (χ2n) is 12.1. The summed E-state index contributed by atoms with van der Waals surface area (Å²) in [6.07, 6.45) is 1.93. The molecule has 1 N–H and O–H groups in total. The predicted molar refractivity (Wildman–Crippen MR) is 161 cm³/mol. The van der Waals surface area contributed by atoms with Crippen molar-refractivity contribution in [2.75, 3.05) is 38.8 Å². The number of hydrogen-bond acceptors (Lipinski definition) is 8. The SMILES string of the molecule is CONc1c2cc(S(=O)(=O)N3C[C@H](C)C[C@H](C)C3)ccc2c(N=O)c2ccc(S(=O)(=O)N3C[C@H](C)C[C@H](C)C3)cc12. The van der Waals surface area contributed by atoms with Crippen LogP contribution in [0.5, 0.6) is 0 Å². The van der Waals surface area contributed by atoms with Gasteiger partial charge in [0.2, 0.25) is 20.0 Å². The molecule has 2 aliphatic heterocycles. The highest BCUT2D eigenvalue weighted by Gasteiger charge is 2.34. The number of nitrogens with zero attached hydrogens (tertiary/aromatic N) is 3. The molecule has 2 saturated heterocycles. The number of anilines is 1. The number of fused-ring (bicyclic) bond motifs is 2. The van der Waals surface area contributed by atoms with Gasteiger partial charge in [-0.05, 0) is 66.0 Å². The van der Waals surface area contributed by atoms with E-state index in [9.17, 15) is 21.7 Å². The first-order valence-electron chi connectivity index (χ1n) is 14.0. The number of hydrogen-bond donors (Lipinski definition) is 1. The van der Waals surface area contributed by atoms with Crippen molar-refractivity contribution in [3.63, 3.8) is 0 Å². The Morgan fingerprint density at radius 3 is 1.44 bits per heavy atom. The molecule has 0 radical (unpaired) electrons. The van der Waals surface area contributed by atoms with Crippen LogP contribution in [0.25, 0.3) is 21.5 Å². The molecule has 10 nitrogen and oxygen atoms in total. The van der Waals surface area contributed by atoms with Crippen molar-refractivity contribution in [3.05, 3.63) is 41.3 Å². The molecule has 2 aliphatic rings. The lowest BCUT2D eigenvalue weighted by Crippen LogP contribution is -2.42. The van der Waals surface area contributed by atoms with Crippen LogP contribution in [0, 0.1) is 28.6 Å². The molecular formula is C29H38N4O6S2. The van der Waals surface area contributed by atoms with Gasteiger partial charge in [0.15, 0.2) is 0 Å². The van der Waals surface area contributed by atoms with Crippen LogP contribution < -0.4 is 5.48 Å². The first kappa shape index (κ1) is 29.8. The molecule has 3 aromatic rings. The maximum absolute atomic E-state index is 13.7. The molecule has 222 valence electrons. The van der Waals surface area contributed by atoms with E-state index < -0.39 is 20.0 Å². The summed E-state index contributed by atoms with van der Waals surface area (Å²) >= 11 is 0. The van der Waals surface area contributed by atoms with Crippen molar-refractivity contribution in [1.82, 2.24) is 8.61 Å². The number of rotatable bonds is 7. The van der Waals surface area contributed by atoms with Crippen LogP contribution in [0.15, 0.2) is 51.4 Å². The molecule has 4 atom stereocenters. The molecule has 0 bridgehead atoms. The average molecular weight is 603 g/mol. The maximum Gasteiger partial charge on any atom is 0.243 e. The fourth-order valence-electron chi connectivity index (χ4n) is 6.70. The molecule has 0 unspecified atom stereocenters.